The Labute approximate surface area is 233 Å². The summed E-state index contributed by atoms with van der Waals surface area (Å²) in [6.07, 6.45) is 3.66. The molecule has 0 aromatic carbocycles. The summed E-state index contributed by atoms with van der Waals surface area (Å²) in [5.41, 5.74) is -4.23. The van der Waals surface area contributed by atoms with Gasteiger partial charge in [-0.15, -0.1) is 0 Å². The molecule has 0 amide bonds. The van der Waals surface area contributed by atoms with E-state index >= 15 is 0 Å². The molecule has 1 saturated carbocycles. The van der Waals surface area contributed by atoms with Gasteiger partial charge < -0.3 is 14.9 Å². The SMILES string of the molecule is CCCC(CC(=O)O)C1=C2O[C@H](C(C)(C)O)C[C@@]23C[C@H](CC=C(C)C)C(C)(C)[C@@](C(=O)C(C)CC)(C1=O)C3=O. The van der Waals surface area contributed by atoms with Crippen molar-refractivity contribution in [2.75, 3.05) is 0 Å². The molecule has 7 heteroatoms. The van der Waals surface area contributed by atoms with Gasteiger partial charge >= 0.3 is 5.97 Å². The minimum absolute atomic E-state index is 0.157. The Morgan fingerprint density at radius 3 is 2.26 bits per heavy atom. The second-order valence-electron chi connectivity index (χ2n) is 13.6. The standard InChI is InChI=1S/C32H48O7/c1-10-12-20(15-23(33)34)24-26(36)32(25(35)19(5)11-2)28(37)31(17-22(30(8,9)38)39-27(24)31)16-21(29(32,6)7)14-13-18(3)4/h13,19-22,38H,10-12,14-17H2,1-9H3,(H,33,34)/t19?,20?,21-,22-,31-,32-/m0/s1. The fourth-order valence-electron chi connectivity index (χ4n) is 7.35. The summed E-state index contributed by atoms with van der Waals surface area (Å²) in [6.45, 7) is 16.5. The Bertz CT molecular complexity index is 1100. The Morgan fingerprint density at radius 2 is 1.77 bits per heavy atom. The number of carbonyl (C=O) groups excluding carboxylic acids is 3. The van der Waals surface area contributed by atoms with Gasteiger partial charge in [0, 0.05) is 23.8 Å². The van der Waals surface area contributed by atoms with Gasteiger partial charge in [-0.2, -0.15) is 0 Å². The highest BCUT2D eigenvalue weighted by atomic mass is 16.5. The number of aliphatic carboxylic acids is 1. The Balaban J connectivity index is 2.47. The van der Waals surface area contributed by atoms with Crippen molar-refractivity contribution in [3.05, 3.63) is 23.0 Å². The largest absolute Gasteiger partial charge is 0.490 e. The van der Waals surface area contributed by atoms with Crippen molar-refractivity contribution in [1.29, 1.82) is 0 Å². The fourth-order valence-corrected chi connectivity index (χ4v) is 7.35. The molecular formula is C32H48O7. The molecule has 0 aromatic heterocycles. The Morgan fingerprint density at radius 1 is 1.15 bits per heavy atom. The maximum absolute atomic E-state index is 15.0. The van der Waals surface area contributed by atoms with Gasteiger partial charge in [-0.3, -0.25) is 19.2 Å². The van der Waals surface area contributed by atoms with E-state index in [4.69, 9.17) is 4.74 Å². The molecule has 39 heavy (non-hydrogen) atoms. The molecule has 7 nitrogen and oxygen atoms in total. The van der Waals surface area contributed by atoms with Crippen LogP contribution in [0.5, 0.6) is 0 Å². The highest BCUT2D eigenvalue weighted by Gasteiger charge is 2.77. The first kappa shape index (κ1) is 31.3. The monoisotopic (exact) mass is 544 g/mol. The molecular weight excluding hydrogens is 496 g/mol. The van der Waals surface area contributed by atoms with Crippen molar-refractivity contribution in [2.45, 2.75) is 119 Å². The first-order valence-electron chi connectivity index (χ1n) is 14.6. The topological polar surface area (TPSA) is 118 Å². The third-order valence-corrected chi connectivity index (χ3v) is 9.91. The molecule has 6 atom stereocenters. The number of ketones is 3. The maximum Gasteiger partial charge on any atom is 0.303 e. The summed E-state index contributed by atoms with van der Waals surface area (Å²) in [7, 11) is 0. The molecule has 1 spiro atoms. The van der Waals surface area contributed by atoms with Gasteiger partial charge in [0.1, 0.15) is 11.9 Å². The molecule has 2 bridgehead atoms. The molecule has 0 radical (unpaired) electrons. The lowest BCUT2D eigenvalue weighted by Gasteiger charge is -2.59. The van der Waals surface area contributed by atoms with Crippen LogP contribution in [0.4, 0.5) is 0 Å². The van der Waals surface area contributed by atoms with Crippen LogP contribution < -0.4 is 0 Å². The smallest absolute Gasteiger partial charge is 0.303 e. The summed E-state index contributed by atoms with van der Waals surface area (Å²) in [5.74, 6) is -3.62. The molecule has 218 valence electrons. The third-order valence-electron chi connectivity index (χ3n) is 9.91. The molecule has 2 N–H and O–H groups in total. The Hall–Kier alpha value is -2.28. The number of carboxylic acids is 1. The fraction of sp³-hybridized carbons (Fsp3) is 0.750. The van der Waals surface area contributed by atoms with Crippen molar-refractivity contribution in [1.82, 2.24) is 0 Å². The number of rotatable bonds is 11. The van der Waals surface area contributed by atoms with E-state index in [0.29, 0.717) is 32.1 Å². The first-order chi connectivity index (χ1) is 17.9. The number of carboxylic acid groups (broad SMARTS) is 1. The zero-order chi connectivity index (χ0) is 29.7. The second-order valence-corrected chi connectivity index (χ2v) is 13.6. The molecule has 2 aliphatic carbocycles. The van der Waals surface area contributed by atoms with Crippen molar-refractivity contribution in [3.8, 4) is 0 Å². The third kappa shape index (κ3) is 4.72. The van der Waals surface area contributed by atoms with Crippen molar-refractivity contribution in [2.24, 2.45) is 34.0 Å². The predicted molar refractivity (Wildman–Crippen MR) is 149 cm³/mol. The van der Waals surface area contributed by atoms with E-state index in [1.807, 2.05) is 41.5 Å². The van der Waals surface area contributed by atoms with Crippen LogP contribution in [0.1, 0.15) is 107 Å². The van der Waals surface area contributed by atoms with E-state index < -0.39 is 57.3 Å². The normalized spacial score (nSPS) is 31.3. The Kier molecular flexibility index (Phi) is 8.50. The second kappa shape index (κ2) is 10.6. The molecule has 0 aromatic rings. The van der Waals surface area contributed by atoms with E-state index in [2.05, 4.69) is 6.08 Å². The predicted octanol–water partition coefficient (Wildman–Crippen LogP) is 5.83. The first-order valence-corrected chi connectivity index (χ1v) is 14.6. The average Bonchev–Trinajstić information content (AvgIpc) is 3.20. The van der Waals surface area contributed by atoms with Crippen LogP contribution in [0.2, 0.25) is 0 Å². The lowest BCUT2D eigenvalue weighted by Crippen LogP contribution is -2.70. The van der Waals surface area contributed by atoms with Gasteiger partial charge in [-0.25, -0.2) is 0 Å². The van der Waals surface area contributed by atoms with Crippen LogP contribution in [0.25, 0.3) is 0 Å². The number of allylic oxidation sites excluding steroid dienone is 4. The van der Waals surface area contributed by atoms with E-state index in [0.717, 1.165) is 5.57 Å². The number of Topliss-reactive ketones (excluding diaryl/α,β-unsaturated/α-hetero) is 3. The zero-order valence-corrected chi connectivity index (χ0v) is 25.3. The van der Waals surface area contributed by atoms with Crippen molar-refractivity contribution < 1.29 is 34.1 Å². The summed E-state index contributed by atoms with van der Waals surface area (Å²) < 4.78 is 6.39. The molecule has 3 rings (SSSR count). The van der Waals surface area contributed by atoms with Gasteiger partial charge in [0.2, 0.25) is 0 Å². The molecule has 1 saturated heterocycles. The van der Waals surface area contributed by atoms with Crippen LogP contribution in [0.15, 0.2) is 23.0 Å². The van der Waals surface area contributed by atoms with E-state index in [-0.39, 0.29) is 35.9 Å². The molecule has 2 unspecified atom stereocenters. The average molecular weight is 545 g/mol. The molecule has 1 heterocycles. The number of hydrogen-bond donors (Lipinski definition) is 2. The number of carbonyl (C=O) groups is 4. The van der Waals surface area contributed by atoms with Crippen molar-refractivity contribution in [3.63, 3.8) is 0 Å². The number of aliphatic hydroxyl groups is 1. The number of fused-ring (bicyclic) bond motifs is 1. The summed E-state index contributed by atoms with van der Waals surface area (Å²) >= 11 is 0. The van der Waals surface area contributed by atoms with Gasteiger partial charge in [0.25, 0.3) is 0 Å². The van der Waals surface area contributed by atoms with Crippen molar-refractivity contribution >= 4 is 23.3 Å². The van der Waals surface area contributed by atoms with E-state index in [9.17, 15) is 29.4 Å². The molecule has 1 aliphatic heterocycles. The van der Waals surface area contributed by atoms with Gasteiger partial charge in [-0.05, 0) is 64.7 Å². The minimum Gasteiger partial charge on any atom is -0.490 e. The number of ether oxygens (including phenoxy) is 1. The van der Waals surface area contributed by atoms with Crippen LogP contribution in [0, 0.1) is 34.0 Å². The maximum atomic E-state index is 15.0. The quantitative estimate of drug-likeness (QED) is 0.248. The van der Waals surface area contributed by atoms with Crippen LogP contribution in [-0.2, 0) is 23.9 Å². The minimum atomic E-state index is -1.94. The highest BCUT2D eigenvalue weighted by molar-refractivity contribution is 6.33. The lowest BCUT2D eigenvalue weighted by atomic mass is 9.39. The summed E-state index contributed by atoms with van der Waals surface area (Å²) in [4.78, 5) is 56.4. The summed E-state index contributed by atoms with van der Waals surface area (Å²) in [6, 6.07) is 0. The lowest BCUT2D eigenvalue weighted by molar-refractivity contribution is -0.176. The zero-order valence-electron chi connectivity index (χ0n) is 25.3. The molecule has 3 aliphatic rings. The van der Waals surface area contributed by atoms with Gasteiger partial charge in [0.15, 0.2) is 22.8 Å². The van der Waals surface area contributed by atoms with Gasteiger partial charge in [-0.1, -0.05) is 52.7 Å². The van der Waals surface area contributed by atoms with Crippen LogP contribution in [0.3, 0.4) is 0 Å². The highest BCUT2D eigenvalue weighted by Crippen LogP contribution is 2.69. The van der Waals surface area contributed by atoms with Crippen LogP contribution >= 0.6 is 0 Å². The van der Waals surface area contributed by atoms with E-state index in [1.54, 1.807) is 20.8 Å². The summed E-state index contributed by atoms with van der Waals surface area (Å²) in [5, 5.41) is 20.8. The van der Waals surface area contributed by atoms with Crippen LogP contribution in [-0.4, -0.2) is 45.2 Å². The van der Waals surface area contributed by atoms with E-state index in [1.165, 1.54) is 0 Å². The molecule has 2 fully saturated rings. The number of hydrogen-bond acceptors (Lipinski definition) is 6. The van der Waals surface area contributed by atoms with Gasteiger partial charge in [0.05, 0.1) is 17.4 Å².